The topological polar surface area (TPSA) is 76.0 Å². The van der Waals surface area contributed by atoms with Crippen molar-refractivity contribution in [1.29, 1.82) is 0 Å². The highest BCUT2D eigenvalue weighted by molar-refractivity contribution is 5.99. The summed E-state index contributed by atoms with van der Waals surface area (Å²) < 4.78 is 1.83. The molecule has 0 saturated carbocycles. The Balaban J connectivity index is 1.61. The summed E-state index contributed by atoms with van der Waals surface area (Å²) >= 11 is 0. The summed E-state index contributed by atoms with van der Waals surface area (Å²) in [4.78, 5) is 27.9. The Kier molecular flexibility index (Phi) is 4.15. The van der Waals surface area contributed by atoms with Crippen LogP contribution in [-0.4, -0.2) is 21.4 Å². The Morgan fingerprint density at radius 3 is 2.00 bits per heavy atom. The zero-order valence-corrected chi connectivity index (χ0v) is 12.1. The van der Waals surface area contributed by atoms with Crippen molar-refractivity contribution in [2.45, 2.75) is 0 Å². The van der Waals surface area contributed by atoms with E-state index < -0.39 is 0 Å². The lowest BCUT2D eigenvalue weighted by atomic mass is 10.2. The van der Waals surface area contributed by atoms with Crippen LogP contribution in [-0.2, 0) is 0 Å². The lowest BCUT2D eigenvalue weighted by Crippen LogP contribution is -2.41. The monoisotopic (exact) mass is 306 g/mol. The second-order valence-corrected chi connectivity index (χ2v) is 4.79. The molecule has 2 aromatic carbocycles. The molecule has 0 spiro atoms. The van der Waals surface area contributed by atoms with Gasteiger partial charge in [0.05, 0.1) is 6.33 Å². The van der Waals surface area contributed by atoms with Gasteiger partial charge in [0, 0.05) is 29.2 Å². The van der Waals surface area contributed by atoms with Crippen molar-refractivity contribution in [3.8, 4) is 5.69 Å². The molecule has 0 fully saturated rings. The molecule has 0 bridgehead atoms. The molecule has 1 heterocycles. The van der Waals surface area contributed by atoms with Gasteiger partial charge in [0.15, 0.2) is 0 Å². The Hall–Kier alpha value is -3.41. The summed E-state index contributed by atoms with van der Waals surface area (Å²) in [5.41, 5.74) is 6.60. The lowest BCUT2D eigenvalue weighted by Gasteiger charge is -2.08. The minimum Gasteiger partial charge on any atom is -0.306 e. The second-order valence-electron chi connectivity index (χ2n) is 4.79. The normalized spacial score (nSPS) is 10.1. The van der Waals surface area contributed by atoms with Crippen LogP contribution in [0.4, 0.5) is 0 Å². The van der Waals surface area contributed by atoms with Gasteiger partial charge in [0.1, 0.15) is 0 Å². The van der Waals surface area contributed by atoms with E-state index in [4.69, 9.17) is 0 Å². The highest BCUT2D eigenvalue weighted by atomic mass is 16.2. The maximum absolute atomic E-state index is 12.0. The molecule has 0 aliphatic heterocycles. The lowest BCUT2D eigenvalue weighted by molar-refractivity contribution is 0.0846. The van der Waals surface area contributed by atoms with Gasteiger partial charge in [-0.1, -0.05) is 18.2 Å². The number of hydrogen-bond acceptors (Lipinski definition) is 3. The first kappa shape index (κ1) is 14.5. The number of nitrogens with one attached hydrogen (secondary N) is 2. The number of hydrogen-bond donors (Lipinski definition) is 2. The van der Waals surface area contributed by atoms with E-state index in [2.05, 4.69) is 15.8 Å². The Morgan fingerprint density at radius 2 is 1.43 bits per heavy atom. The van der Waals surface area contributed by atoms with E-state index in [-0.39, 0.29) is 11.8 Å². The van der Waals surface area contributed by atoms with Crippen molar-refractivity contribution in [2.75, 3.05) is 0 Å². The van der Waals surface area contributed by atoms with Crippen molar-refractivity contribution in [3.63, 3.8) is 0 Å². The molecule has 3 rings (SSSR count). The van der Waals surface area contributed by atoms with E-state index in [9.17, 15) is 9.59 Å². The average molecular weight is 306 g/mol. The summed E-state index contributed by atoms with van der Waals surface area (Å²) in [7, 11) is 0. The summed E-state index contributed by atoms with van der Waals surface area (Å²) in [5, 5.41) is 0. The van der Waals surface area contributed by atoms with Crippen LogP contribution in [0.2, 0.25) is 0 Å². The van der Waals surface area contributed by atoms with E-state index in [1.54, 1.807) is 61.1 Å². The summed E-state index contributed by atoms with van der Waals surface area (Å²) in [6.45, 7) is 0. The molecule has 1 aromatic heterocycles. The van der Waals surface area contributed by atoms with Crippen molar-refractivity contribution in [3.05, 3.63) is 84.4 Å². The van der Waals surface area contributed by atoms with E-state index in [1.807, 2.05) is 16.8 Å². The van der Waals surface area contributed by atoms with E-state index >= 15 is 0 Å². The molecule has 2 N–H and O–H groups in total. The van der Waals surface area contributed by atoms with Crippen molar-refractivity contribution in [1.82, 2.24) is 20.4 Å². The quantitative estimate of drug-likeness (QED) is 0.726. The summed E-state index contributed by atoms with van der Waals surface area (Å²) in [6.07, 6.45) is 5.17. The molecule has 2 amide bonds. The fraction of sp³-hybridized carbons (Fsp3) is 0. The number of imidazole rings is 1. The number of hydrazine groups is 1. The van der Waals surface area contributed by atoms with Gasteiger partial charge < -0.3 is 4.57 Å². The van der Waals surface area contributed by atoms with Gasteiger partial charge in [-0.05, 0) is 36.4 Å². The Morgan fingerprint density at radius 1 is 0.826 bits per heavy atom. The largest absolute Gasteiger partial charge is 0.306 e. The third-order valence-electron chi connectivity index (χ3n) is 3.26. The van der Waals surface area contributed by atoms with Gasteiger partial charge in [-0.3, -0.25) is 20.4 Å². The third kappa shape index (κ3) is 3.44. The van der Waals surface area contributed by atoms with Crippen molar-refractivity contribution in [2.24, 2.45) is 0 Å². The zero-order chi connectivity index (χ0) is 16.1. The van der Waals surface area contributed by atoms with E-state index in [0.717, 1.165) is 5.69 Å². The smallest absolute Gasteiger partial charge is 0.269 e. The molecule has 114 valence electrons. The van der Waals surface area contributed by atoms with Crippen LogP contribution < -0.4 is 10.9 Å². The van der Waals surface area contributed by atoms with Crippen molar-refractivity contribution >= 4 is 11.8 Å². The first-order valence-electron chi connectivity index (χ1n) is 6.98. The molecule has 0 radical (unpaired) electrons. The van der Waals surface area contributed by atoms with Gasteiger partial charge >= 0.3 is 0 Å². The number of benzene rings is 2. The van der Waals surface area contributed by atoms with Gasteiger partial charge in [-0.15, -0.1) is 0 Å². The molecule has 0 unspecified atom stereocenters. The van der Waals surface area contributed by atoms with Gasteiger partial charge in [-0.2, -0.15) is 0 Å². The number of carbonyl (C=O) groups is 2. The summed E-state index contributed by atoms with van der Waals surface area (Å²) in [5.74, 6) is -0.750. The first-order chi connectivity index (χ1) is 11.2. The molecule has 23 heavy (non-hydrogen) atoms. The van der Waals surface area contributed by atoms with Crippen LogP contribution in [0.5, 0.6) is 0 Å². The minimum atomic E-state index is -0.383. The number of nitrogens with zero attached hydrogens (tertiary/aromatic N) is 2. The Labute approximate surface area is 132 Å². The molecule has 6 heteroatoms. The standard InChI is InChI=1S/C17H14N4O2/c22-16(13-4-2-1-3-5-13)19-20-17(23)14-6-8-15(9-7-14)21-11-10-18-12-21/h1-12H,(H,19,22)(H,20,23). The first-order valence-corrected chi connectivity index (χ1v) is 6.98. The molecule has 0 saturated heterocycles. The van der Waals surface area contributed by atoms with Crippen LogP contribution in [0.15, 0.2) is 73.3 Å². The van der Waals surface area contributed by atoms with Gasteiger partial charge in [0.2, 0.25) is 0 Å². The molecular weight excluding hydrogens is 292 g/mol. The fourth-order valence-corrected chi connectivity index (χ4v) is 2.04. The van der Waals surface area contributed by atoms with Crippen LogP contribution in [0.25, 0.3) is 5.69 Å². The molecule has 3 aromatic rings. The number of carbonyl (C=O) groups excluding carboxylic acids is 2. The maximum atomic E-state index is 12.0. The fourth-order valence-electron chi connectivity index (χ4n) is 2.04. The molecule has 0 atom stereocenters. The molecule has 6 nitrogen and oxygen atoms in total. The van der Waals surface area contributed by atoms with E-state index in [1.165, 1.54) is 0 Å². The van der Waals surface area contributed by atoms with Gasteiger partial charge in [-0.25, -0.2) is 4.98 Å². The highest BCUT2D eigenvalue weighted by Gasteiger charge is 2.08. The summed E-state index contributed by atoms with van der Waals surface area (Å²) in [6, 6.07) is 15.6. The molecular formula is C17H14N4O2. The number of aromatic nitrogens is 2. The predicted octanol–water partition coefficient (Wildman–Crippen LogP) is 1.95. The van der Waals surface area contributed by atoms with Crippen LogP contribution in [0.3, 0.4) is 0 Å². The SMILES string of the molecule is O=C(NNC(=O)c1ccc(-n2ccnc2)cc1)c1ccccc1. The maximum Gasteiger partial charge on any atom is 0.269 e. The van der Waals surface area contributed by atoms with Crippen molar-refractivity contribution < 1.29 is 9.59 Å². The second kappa shape index (κ2) is 6.57. The molecule has 0 aliphatic carbocycles. The van der Waals surface area contributed by atoms with Gasteiger partial charge in [0.25, 0.3) is 11.8 Å². The van der Waals surface area contributed by atoms with Crippen LogP contribution >= 0.6 is 0 Å². The number of amides is 2. The number of rotatable bonds is 3. The third-order valence-corrected chi connectivity index (χ3v) is 3.26. The predicted molar refractivity (Wildman–Crippen MR) is 84.9 cm³/mol. The van der Waals surface area contributed by atoms with Crippen LogP contribution in [0, 0.1) is 0 Å². The Bertz CT molecular complexity index is 796. The minimum absolute atomic E-state index is 0.367. The molecule has 0 aliphatic rings. The van der Waals surface area contributed by atoms with Crippen LogP contribution in [0.1, 0.15) is 20.7 Å². The zero-order valence-electron chi connectivity index (χ0n) is 12.1. The average Bonchev–Trinajstić information content (AvgIpc) is 3.15. The highest BCUT2D eigenvalue weighted by Crippen LogP contribution is 2.09. The van der Waals surface area contributed by atoms with E-state index in [0.29, 0.717) is 11.1 Å².